The number of nitrogens with one attached hydrogen (secondary N) is 1. The van der Waals surface area contributed by atoms with Gasteiger partial charge in [-0.15, -0.1) is 11.3 Å². The first-order valence-corrected chi connectivity index (χ1v) is 14.9. The molecule has 10 heteroatoms. The van der Waals surface area contributed by atoms with E-state index < -0.39 is 21.2 Å². The van der Waals surface area contributed by atoms with Gasteiger partial charge < -0.3 is 16.0 Å². The number of carbonyl (C=O) groups excluding carboxylic acids is 1. The number of amides is 1. The molecule has 0 unspecified atom stereocenters. The molecule has 1 fully saturated rings. The first-order chi connectivity index (χ1) is 18.2. The molecule has 0 saturated heterocycles. The number of hydrogen-bond acceptors (Lipinski definition) is 6. The van der Waals surface area contributed by atoms with Gasteiger partial charge >= 0.3 is 0 Å². The Kier molecular flexibility index (Phi) is 6.09. The van der Waals surface area contributed by atoms with Gasteiger partial charge in [0.1, 0.15) is 0 Å². The predicted octanol–water partition coefficient (Wildman–Crippen LogP) is 5.54. The first kappa shape index (κ1) is 24.8. The number of fused-ring (bicyclic) bond motifs is 2. The van der Waals surface area contributed by atoms with Gasteiger partial charge in [0.05, 0.1) is 11.7 Å². The average Bonchev–Trinajstić information content (AvgIpc) is 3.58. The molecule has 5 aromatic rings. The van der Waals surface area contributed by atoms with E-state index in [-0.39, 0.29) is 6.42 Å². The minimum absolute atomic E-state index is 0.0454. The zero-order valence-corrected chi connectivity index (χ0v) is 22.7. The van der Waals surface area contributed by atoms with Crippen molar-refractivity contribution in [3.05, 3.63) is 82.3 Å². The number of hydrogen-bond donors (Lipinski definition) is 3. The van der Waals surface area contributed by atoms with E-state index in [4.69, 9.17) is 23.1 Å². The summed E-state index contributed by atoms with van der Waals surface area (Å²) in [5.74, 6) is -0.531. The predicted molar refractivity (Wildman–Crippen MR) is 156 cm³/mol. The number of sulfonamides is 1. The molecule has 5 N–H and O–H groups in total. The van der Waals surface area contributed by atoms with Crippen LogP contribution in [0.4, 0.5) is 11.4 Å². The third-order valence-electron chi connectivity index (χ3n) is 6.80. The van der Waals surface area contributed by atoms with E-state index in [1.165, 1.54) is 0 Å². The Labute approximate surface area is 229 Å². The molecule has 0 aliphatic heterocycles. The number of thiophene rings is 1. The molecule has 1 aliphatic rings. The molecule has 1 amide bonds. The molecule has 2 heterocycles. The van der Waals surface area contributed by atoms with Gasteiger partial charge in [-0.2, -0.15) is 0 Å². The number of anilines is 2. The second-order valence-corrected chi connectivity index (χ2v) is 13.1. The highest BCUT2D eigenvalue weighted by Gasteiger charge is 2.36. The third-order valence-corrected chi connectivity index (χ3v) is 9.91. The highest BCUT2D eigenvalue weighted by molar-refractivity contribution is 7.90. The van der Waals surface area contributed by atoms with Crippen molar-refractivity contribution in [2.24, 2.45) is 0 Å². The summed E-state index contributed by atoms with van der Waals surface area (Å²) in [6, 6.07) is 17.3. The lowest BCUT2D eigenvalue weighted by molar-refractivity contribution is -0.118. The van der Waals surface area contributed by atoms with Crippen LogP contribution in [-0.4, -0.2) is 24.1 Å². The molecule has 6 rings (SSSR count). The Morgan fingerprint density at radius 3 is 2.47 bits per heavy atom. The number of nitrogens with two attached hydrogens (primary N) is 2. The fourth-order valence-corrected chi connectivity index (χ4v) is 7.27. The maximum Gasteiger partial charge on any atom is 0.237 e. The van der Waals surface area contributed by atoms with Crippen molar-refractivity contribution in [3.8, 4) is 11.1 Å². The Bertz CT molecular complexity index is 1820. The molecular weight excluding hydrogens is 540 g/mol. The van der Waals surface area contributed by atoms with Crippen LogP contribution in [-0.2, 0) is 27.8 Å². The van der Waals surface area contributed by atoms with Crippen molar-refractivity contribution in [1.82, 2.24) is 9.29 Å². The van der Waals surface area contributed by atoms with Crippen LogP contribution in [0.2, 0.25) is 5.02 Å². The second-order valence-electron chi connectivity index (χ2n) is 9.75. The average molecular weight is 565 g/mol. The van der Waals surface area contributed by atoms with Crippen molar-refractivity contribution in [2.45, 2.75) is 31.1 Å². The molecule has 0 radical (unpaired) electrons. The van der Waals surface area contributed by atoms with Gasteiger partial charge in [-0.25, -0.2) is 8.42 Å². The molecule has 194 valence electrons. The van der Waals surface area contributed by atoms with Crippen LogP contribution in [0.15, 0.2) is 66.2 Å². The molecule has 0 atom stereocenters. The van der Waals surface area contributed by atoms with Crippen LogP contribution in [0.5, 0.6) is 0 Å². The standard InChI is InChI=1S/C28H25ClN4O3S2/c29-20-2-6-27-25(11-20)19(15-37-27)14-33-13-18(10-28(34)32-38(35,36)23-3-4-23)24-5-1-16(9-26(24)33)17-7-21(30)12-22(31)8-17/h1-2,5-9,11-13,15,23H,3-4,10,14,30-31H2,(H,32,34). The van der Waals surface area contributed by atoms with E-state index >= 15 is 0 Å². The van der Waals surface area contributed by atoms with Crippen molar-refractivity contribution in [1.29, 1.82) is 0 Å². The SMILES string of the molecule is Nc1cc(N)cc(-c2ccc3c(CC(=O)NS(=O)(=O)C4CC4)cn(Cc4csc5ccc(Cl)cc45)c3c2)c1. The number of carbonyl (C=O) groups is 1. The summed E-state index contributed by atoms with van der Waals surface area (Å²) in [5, 5.41) is 4.29. The van der Waals surface area contributed by atoms with Crippen LogP contribution >= 0.6 is 22.9 Å². The Balaban J connectivity index is 1.42. The number of halogens is 1. The van der Waals surface area contributed by atoms with Gasteiger partial charge in [0, 0.05) is 44.7 Å². The molecule has 1 aliphatic carbocycles. The molecule has 2 aromatic heterocycles. The summed E-state index contributed by atoms with van der Waals surface area (Å²) in [5.41, 5.74) is 17.8. The fraction of sp³-hybridized carbons (Fsp3) is 0.179. The number of aromatic nitrogens is 1. The lowest BCUT2D eigenvalue weighted by atomic mass is 10.0. The zero-order valence-electron chi connectivity index (χ0n) is 20.3. The Morgan fingerprint density at radius 2 is 1.74 bits per heavy atom. The van der Waals surface area contributed by atoms with Crippen LogP contribution in [0, 0.1) is 0 Å². The van der Waals surface area contributed by atoms with E-state index in [2.05, 4.69) is 14.7 Å². The van der Waals surface area contributed by atoms with Crippen molar-refractivity contribution >= 4 is 71.2 Å². The normalized spacial score (nSPS) is 13.8. The van der Waals surface area contributed by atoms with Crippen molar-refractivity contribution < 1.29 is 13.2 Å². The number of nitrogens with zero attached hydrogens (tertiary/aromatic N) is 1. The minimum Gasteiger partial charge on any atom is -0.399 e. The van der Waals surface area contributed by atoms with E-state index in [0.29, 0.717) is 35.8 Å². The fourth-order valence-electron chi connectivity index (χ4n) is 4.85. The third kappa shape index (κ3) is 4.84. The summed E-state index contributed by atoms with van der Waals surface area (Å²) in [7, 11) is -3.61. The number of rotatable bonds is 7. The summed E-state index contributed by atoms with van der Waals surface area (Å²) >= 11 is 7.94. The maximum atomic E-state index is 12.8. The number of benzene rings is 3. The Hall–Kier alpha value is -3.53. The molecule has 1 saturated carbocycles. The minimum atomic E-state index is -3.61. The molecule has 7 nitrogen and oxygen atoms in total. The van der Waals surface area contributed by atoms with Crippen LogP contribution in [0.25, 0.3) is 32.1 Å². The number of nitrogen functional groups attached to an aromatic ring is 2. The lowest BCUT2D eigenvalue weighted by Gasteiger charge is -2.09. The van der Waals surface area contributed by atoms with E-state index in [1.807, 2.05) is 54.7 Å². The summed E-state index contributed by atoms with van der Waals surface area (Å²) in [6.45, 7) is 0.557. The summed E-state index contributed by atoms with van der Waals surface area (Å²) in [4.78, 5) is 12.8. The summed E-state index contributed by atoms with van der Waals surface area (Å²) < 4.78 is 30.1. The molecular formula is C28H25ClN4O3S2. The van der Waals surface area contributed by atoms with Gasteiger partial charge in [0.25, 0.3) is 0 Å². The van der Waals surface area contributed by atoms with Gasteiger partial charge in [0.2, 0.25) is 15.9 Å². The quantitative estimate of drug-likeness (QED) is 0.224. The second kappa shape index (κ2) is 9.34. The van der Waals surface area contributed by atoms with Gasteiger partial charge in [-0.1, -0.05) is 23.7 Å². The smallest absolute Gasteiger partial charge is 0.237 e. The summed E-state index contributed by atoms with van der Waals surface area (Å²) in [6.07, 6.45) is 3.07. The van der Waals surface area contributed by atoms with Gasteiger partial charge in [0.15, 0.2) is 0 Å². The van der Waals surface area contributed by atoms with E-state index in [1.54, 1.807) is 17.4 Å². The maximum absolute atomic E-state index is 12.8. The van der Waals surface area contributed by atoms with E-state index in [9.17, 15) is 13.2 Å². The molecule has 38 heavy (non-hydrogen) atoms. The largest absolute Gasteiger partial charge is 0.399 e. The van der Waals surface area contributed by atoms with Gasteiger partial charge in [-0.05, 0) is 88.3 Å². The van der Waals surface area contributed by atoms with Gasteiger partial charge in [-0.3, -0.25) is 9.52 Å². The van der Waals surface area contributed by atoms with Crippen molar-refractivity contribution in [2.75, 3.05) is 11.5 Å². The van der Waals surface area contributed by atoms with Crippen LogP contribution in [0.1, 0.15) is 24.0 Å². The first-order valence-electron chi connectivity index (χ1n) is 12.1. The molecule has 0 bridgehead atoms. The van der Waals surface area contributed by atoms with E-state index in [0.717, 1.165) is 43.2 Å². The Morgan fingerprint density at radius 1 is 0.974 bits per heavy atom. The molecule has 0 spiro atoms. The highest BCUT2D eigenvalue weighted by atomic mass is 35.5. The monoisotopic (exact) mass is 564 g/mol. The zero-order chi connectivity index (χ0) is 26.6. The molecule has 3 aromatic carbocycles. The topological polar surface area (TPSA) is 120 Å². The lowest BCUT2D eigenvalue weighted by Crippen LogP contribution is -2.34. The van der Waals surface area contributed by atoms with Crippen LogP contribution in [0.3, 0.4) is 0 Å². The van der Waals surface area contributed by atoms with Crippen LogP contribution < -0.4 is 16.2 Å². The highest BCUT2D eigenvalue weighted by Crippen LogP contribution is 2.34. The van der Waals surface area contributed by atoms with Crippen molar-refractivity contribution in [3.63, 3.8) is 0 Å².